The van der Waals surface area contributed by atoms with Gasteiger partial charge in [-0.3, -0.25) is 0 Å². The van der Waals surface area contributed by atoms with Crippen molar-refractivity contribution in [1.82, 2.24) is 10.2 Å². The Morgan fingerprint density at radius 1 is 1.25 bits per heavy atom. The molecule has 0 aromatic heterocycles. The zero-order valence-corrected chi connectivity index (χ0v) is 13.1. The number of nitrogens with one attached hydrogen (secondary N) is 1. The smallest absolute Gasteiger partial charge is 0.0717 e. The van der Waals surface area contributed by atoms with E-state index in [1.807, 2.05) is 0 Å². The van der Waals surface area contributed by atoms with E-state index in [2.05, 4.69) is 55.5 Å². The summed E-state index contributed by atoms with van der Waals surface area (Å²) in [6.07, 6.45) is 2.71. The molecule has 3 heteroatoms. The quantitative estimate of drug-likeness (QED) is 0.702. The van der Waals surface area contributed by atoms with Crippen LogP contribution in [0.25, 0.3) is 0 Å². The molecule has 1 unspecified atom stereocenters. The molecule has 2 rings (SSSR count). The van der Waals surface area contributed by atoms with Crippen LogP contribution in [0.1, 0.15) is 36.8 Å². The largest absolute Gasteiger partial charge is 0.375 e. The molecule has 0 heterocycles. The van der Waals surface area contributed by atoms with E-state index in [1.165, 1.54) is 24.0 Å². The zero-order valence-electron chi connectivity index (χ0n) is 13.1. The Morgan fingerprint density at radius 3 is 2.55 bits per heavy atom. The maximum absolute atomic E-state index is 5.66. The van der Waals surface area contributed by atoms with Crippen molar-refractivity contribution >= 4 is 0 Å². The van der Waals surface area contributed by atoms with Gasteiger partial charge in [-0.2, -0.15) is 0 Å². The summed E-state index contributed by atoms with van der Waals surface area (Å²) >= 11 is 0. The normalized spacial score (nSPS) is 16.6. The third-order valence-corrected chi connectivity index (χ3v) is 3.79. The van der Waals surface area contributed by atoms with Crippen molar-refractivity contribution in [3.8, 4) is 0 Å². The van der Waals surface area contributed by atoms with Crippen LogP contribution >= 0.6 is 0 Å². The Kier molecular flexibility index (Phi) is 6.02. The number of benzene rings is 1. The van der Waals surface area contributed by atoms with E-state index in [1.54, 1.807) is 0 Å². The molecule has 112 valence electrons. The number of hydrogen-bond donors (Lipinski definition) is 1. The predicted octanol–water partition coefficient (Wildman–Crippen LogP) is 2.62. The minimum Gasteiger partial charge on any atom is -0.375 e. The Morgan fingerprint density at radius 2 is 1.95 bits per heavy atom. The second-order valence-corrected chi connectivity index (χ2v) is 6.18. The van der Waals surface area contributed by atoms with Crippen LogP contribution in [0.4, 0.5) is 0 Å². The van der Waals surface area contributed by atoms with Gasteiger partial charge >= 0.3 is 0 Å². The van der Waals surface area contributed by atoms with Crippen LogP contribution in [-0.2, 0) is 11.3 Å². The van der Waals surface area contributed by atoms with E-state index in [9.17, 15) is 0 Å². The topological polar surface area (TPSA) is 24.5 Å². The molecule has 1 aromatic carbocycles. The molecule has 1 aliphatic carbocycles. The van der Waals surface area contributed by atoms with E-state index in [-0.39, 0.29) is 0 Å². The second-order valence-electron chi connectivity index (χ2n) is 6.18. The molecule has 1 N–H and O–H groups in total. The predicted molar refractivity (Wildman–Crippen MR) is 84.1 cm³/mol. The van der Waals surface area contributed by atoms with Crippen molar-refractivity contribution in [2.75, 3.05) is 33.8 Å². The van der Waals surface area contributed by atoms with E-state index >= 15 is 0 Å². The molecule has 0 radical (unpaired) electrons. The fourth-order valence-corrected chi connectivity index (χ4v) is 2.13. The van der Waals surface area contributed by atoms with Crippen LogP contribution in [0.3, 0.4) is 0 Å². The Labute approximate surface area is 123 Å². The molecule has 0 aliphatic heterocycles. The average molecular weight is 276 g/mol. The number of rotatable bonds is 9. The molecule has 0 spiro atoms. The molecule has 20 heavy (non-hydrogen) atoms. The molecule has 3 nitrogen and oxygen atoms in total. The minimum atomic E-state index is 0.583. The summed E-state index contributed by atoms with van der Waals surface area (Å²) in [5.41, 5.74) is 2.67. The van der Waals surface area contributed by atoms with E-state index < -0.39 is 0 Å². The van der Waals surface area contributed by atoms with Crippen LogP contribution in [-0.4, -0.2) is 44.7 Å². The van der Waals surface area contributed by atoms with Crippen LogP contribution in [0.2, 0.25) is 0 Å². The fourth-order valence-electron chi connectivity index (χ4n) is 2.13. The van der Waals surface area contributed by atoms with Crippen molar-refractivity contribution < 1.29 is 4.74 Å². The van der Waals surface area contributed by atoms with Crippen molar-refractivity contribution in [3.05, 3.63) is 35.4 Å². The highest BCUT2D eigenvalue weighted by Gasteiger charge is 2.21. The molecule has 1 saturated carbocycles. The van der Waals surface area contributed by atoms with Crippen molar-refractivity contribution in [2.45, 2.75) is 38.3 Å². The lowest BCUT2D eigenvalue weighted by atomic mass is 10.00. The van der Waals surface area contributed by atoms with Gasteiger partial charge in [-0.15, -0.1) is 0 Å². The summed E-state index contributed by atoms with van der Waals surface area (Å²) in [5.74, 6) is 0.583. The first-order chi connectivity index (χ1) is 9.65. The van der Waals surface area contributed by atoms with Crippen molar-refractivity contribution in [1.29, 1.82) is 0 Å². The molecule has 1 atom stereocenters. The fraction of sp³-hybridized carbons (Fsp3) is 0.647. The lowest BCUT2D eigenvalue weighted by Gasteiger charge is -2.14. The first kappa shape index (κ1) is 15.5. The number of hydrogen-bond acceptors (Lipinski definition) is 3. The molecular formula is C17H28N2O. The highest BCUT2D eigenvalue weighted by Crippen LogP contribution is 2.21. The Balaban J connectivity index is 1.70. The van der Waals surface area contributed by atoms with Gasteiger partial charge in [0.15, 0.2) is 0 Å². The van der Waals surface area contributed by atoms with E-state index in [4.69, 9.17) is 4.74 Å². The maximum atomic E-state index is 5.66. The summed E-state index contributed by atoms with van der Waals surface area (Å²) < 4.78 is 5.66. The number of nitrogens with zero attached hydrogens (tertiary/aromatic N) is 1. The SMILES string of the molecule is CC(CNC1CC1)c1ccc(COCCN(C)C)cc1. The standard InChI is InChI=1S/C17H28N2O/c1-14(12-18-17-8-9-17)16-6-4-15(5-7-16)13-20-11-10-19(2)3/h4-7,14,17-18H,8-13H2,1-3H3. The summed E-state index contributed by atoms with van der Waals surface area (Å²) in [4.78, 5) is 2.14. The lowest BCUT2D eigenvalue weighted by Crippen LogP contribution is -2.22. The maximum Gasteiger partial charge on any atom is 0.0717 e. The molecular weight excluding hydrogens is 248 g/mol. The van der Waals surface area contributed by atoms with Crippen LogP contribution < -0.4 is 5.32 Å². The van der Waals surface area contributed by atoms with Crippen LogP contribution in [0.5, 0.6) is 0 Å². The first-order valence-electron chi connectivity index (χ1n) is 7.70. The third kappa shape index (κ3) is 5.61. The monoisotopic (exact) mass is 276 g/mol. The van der Waals surface area contributed by atoms with Gasteiger partial charge in [0.05, 0.1) is 13.2 Å². The highest BCUT2D eigenvalue weighted by atomic mass is 16.5. The average Bonchev–Trinajstić information content (AvgIpc) is 3.25. The van der Waals surface area contributed by atoms with Gasteiger partial charge in [0.2, 0.25) is 0 Å². The van der Waals surface area contributed by atoms with Gasteiger partial charge in [-0.05, 0) is 44.0 Å². The Bertz CT molecular complexity index is 384. The highest BCUT2D eigenvalue weighted by molar-refractivity contribution is 5.25. The summed E-state index contributed by atoms with van der Waals surface area (Å²) in [6.45, 7) is 5.85. The molecule has 0 amide bonds. The van der Waals surface area contributed by atoms with Gasteiger partial charge in [-0.1, -0.05) is 31.2 Å². The first-order valence-corrected chi connectivity index (χ1v) is 7.70. The van der Waals surface area contributed by atoms with Gasteiger partial charge in [0, 0.05) is 19.1 Å². The molecule has 0 saturated heterocycles. The van der Waals surface area contributed by atoms with Crippen molar-refractivity contribution in [3.63, 3.8) is 0 Å². The van der Waals surface area contributed by atoms with Gasteiger partial charge in [-0.25, -0.2) is 0 Å². The minimum absolute atomic E-state index is 0.583. The molecule has 1 fully saturated rings. The van der Waals surface area contributed by atoms with Crippen LogP contribution in [0, 0.1) is 0 Å². The van der Waals surface area contributed by atoms with E-state index in [0.717, 1.165) is 25.7 Å². The molecule has 0 bridgehead atoms. The molecule has 1 aromatic rings. The summed E-state index contributed by atoms with van der Waals surface area (Å²) in [6, 6.07) is 9.66. The number of likely N-dealkylation sites (N-methyl/N-ethyl adjacent to an activating group) is 1. The Hall–Kier alpha value is -0.900. The van der Waals surface area contributed by atoms with Gasteiger partial charge in [0.25, 0.3) is 0 Å². The van der Waals surface area contributed by atoms with Crippen molar-refractivity contribution in [2.24, 2.45) is 0 Å². The summed E-state index contributed by atoms with van der Waals surface area (Å²) in [5, 5.41) is 3.59. The van der Waals surface area contributed by atoms with E-state index in [0.29, 0.717) is 12.5 Å². The zero-order chi connectivity index (χ0) is 14.4. The second kappa shape index (κ2) is 7.77. The van der Waals surface area contributed by atoms with Crippen LogP contribution in [0.15, 0.2) is 24.3 Å². The molecule has 1 aliphatic rings. The number of ether oxygens (including phenoxy) is 1. The summed E-state index contributed by atoms with van der Waals surface area (Å²) in [7, 11) is 4.13. The van der Waals surface area contributed by atoms with Gasteiger partial charge < -0.3 is 15.0 Å². The van der Waals surface area contributed by atoms with Gasteiger partial charge in [0.1, 0.15) is 0 Å². The lowest BCUT2D eigenvalue weighted by molar-refractivity contribution is 0.105. The third-order valence-electron chi connectivity index (χ3n) is 3.79.